The summed E-state index contributed by atoms with van der Waals surface area (Å²) in [5.74, 6) is 0. The minimum absolute atomic E-state index is 0.492. The maximum atomic E-state index is 11.9. The van der Waals surface area contributed by atoms with Crippen LogP contribution in [0, 0.1) is 0 Å². The fraction of sp³-hybridized carbons (Fsp3) is 0.462. The van der Waals surface area contributed by atoms with Crippen LogP contribution in [0.4, 0.5) is 4.79 Å². The standard InChI is InChI=1S/C13H17BrN2O3/c1-13(2,3)19-12(18)16(4)11(8-17)10-6-5-9(14)7-15-10/h5-8,11H,1-4H3. The summed E-state index contributed by atoms with van der Waals surface area (Å²) in [6.45, 7) is 5.31. The number of ether oxygens (including phenoxy) is 1. The molecule has 0 bridgehead atoms. The first-order valence-electron chi connectivity index (χ1n) is 5.77. The van der Waals surface area contributed by atoms with E-state index in [9.17, 15) is 9.59 Å². The van der Waals surface area contributed by atoms with Crippen molar-refractivity contribution < 1.29 is 14.3 Å². The van der Waals surface area contributed by atoms with Crippen LogP contribution in [0.1, 0.15) is 32.5 Å². The Morgan fingerprint density at radius 3 is 2.53 bits per heavy atom. The lowest BCUT2D eigenvalue weighted by atomic mass is 10.2. The second-order valence-corrected chi connectivity index (χ2v) is 5.99. The molecule has 1 heterocycles. The molecule has 1 aromatic heterocycles. The topological polar surface area (TPSA) is 59.5 Å². The molecule has 0 aliphatic heterocycles. The average Bonchev–Trinajstić information content (AvgIpc) is 2.30. The van der Waals surface area contributed by atoms with Crippen molar-refractivity contribution in [3.05, 3.63) is 28.5 Å². The number of halogens is 1. The van der Waals surface area contributed by atoms with Gasteiger partial charge in [0.25, 0.3) is 0 Å². The lowest BCUT2D eigenvalue weighted by Gasteiger charge is -2.27. The number of rotatable bonds is 3. The minimum Gasteiger partial charge on any atom is -0.444 e. The summed E-state index contributed by atoms with van der Waals surface area (Å²) in [6.07, 6.45) is 1.68. The molecule has 0 aliphatic rings. The summed E-state index contributed by atoms with van der Waals surface area (Å²) in [6, 6.07) is 2.69. The molecule has 1 unspecified atom stereocenters. The molecular weight excluding hydrogens is 312 g/mol. The summed E-state index contributed by atoms with van der Waals surface area (Å²) < 4.78 is 6.02. The number of hydrogen-bond acceptors (Lipinski definition) is 4. The molecule has 0 saturated carbocycles. The average molecular weight is 329 g/mol. The van der Waals surface area contributed by atoms with E-state index in [1.54, 1.807) is 39.1 Å². The normalized spacial score (nSPS) is 12.7. The Kier molecular flexibility index (Phi) is 5.05. The highest BCUT2D eigenvalue weighted by atomic mass is 79.9. The van der Waals surface area contributed by atoms with Crippen molar-refractivity contribution in [2.75, 3.05) is 7.05 Å². The van der Waals surface area contributed by atoms with E-state index in [4.69, 9.17) is 4.74 Å². The first kappa shape index (κ1) is 15.6. The summed E-state index contributed by atoms with van der Waals surface area (Å²) in [7, 11) is 1.51. The van der Waals surface area contributed by atoms with Gasteiger partial charge in [-0.2, -0.15) is 0 Å². The fourth-order valence-corrected chi connectivity index (χ4v) is 1.60. The Hall–Kier alpha value is -1.43. The number of aromatic nitrogens is 1. The van der Waals surface area contributed by atoms with E-state index in [2.05, 4.69) is 20.9 Å². The van der Waals surface area contributed by atoms with Gasteiger partial charge in [0.15, 0.2) is 0 Å². The van der Waals surface area contributed by atoms with Crippen LogP contribution in [0.25, 0.3) is 0 Å². The van der Waals surface area contributed by atoms with Crippen molar-refractivity contribution in [1.29, 1.82) is 0 Å². The summed E-state index contributed by atoms with van der Waals surface area (Å²) in [5.41, 5.74) is -0.113. The molecule has 1 atom stereocenters. The quantitative estimate of drug-likeness (QED) is 0.800. The van der Waals surface area contributed by atoms with Crippen molar-refractivity contribution in [2.45, 2.75) is 32.4 Å². The number of nitrogens with zero attached hydrogens (tertiary/aromatic N) is 2. The third-order valence-corrected chi connectivity index (χ3v) is 2.75. The van der Waals surface area contributed by atoms with Crippen LogP contribution in [0.3, 0.4) is 0 Å². The van der Waals surface area contributed by atoms with Crippen molar-refractivity contribution in [3.8, 4) is 0 Å². The van der Waals surface area contributed by atoms with Crippen LogP contribution >= 0.6 is 15.9 Å². The molecule has 1 amide bonds. The number of likely N-dealkylation sites (N-methyl/N-ethyl adjacent to an activating group) is 1. The van der Waals surface area contributed by atoms with Gasteiger partial charge in [-0.15, -0.1) is 0 Å². The Labute approximate surface area is 121 Å². The Balaban J connectivity index is 2.88. The van der Waals surface area contributed by atoms with E-state index in [1.165, 1.54) is 11.9 Å². The van der Waals surface area contributed by atoms with Gasteiger partial charge in [0.1, 0.15) is 17.9 Å². The van der Waals surface area contributed by atoms with Gasteiger partial charge >= 0.3 is 6.09 Å². The van der Waals surface area contributed by atoms with Gasteiger partial charge in [-0.1, -0.05) is 0 Å². The highest BCUT2D eigenvalue weighted by Crippen LogP contribution is 2.19. The first-order chi connectivity index (χ1) is 8.74. The third kappa shape index (κ3) is 4.63. The number of hydrogen-bond donors (Lipinski definition) is 0. The van der Waals surface area contributed by atoms with Crippen LogP contribution in [-0.4, -0.2) is 34.9 Å². The fourth-order valence-electron chi connectivity index (χ4n) is 1.37. The Bertz CT molecular complexity index is 454. The molecule has 0 fully saturated rings. The molecule has 0 saturated heterocycles. The molecule has 0 aliphatic carbocycles. The molecular formula is C13H17BrN2O3. The predicted molar refractivity (Wildman–Crippen MR) is 74.7 cm³/mol. The second-order valence-electron chi connectivity index (χ2n) is 5.07. The Morgan fingerprint density at radius 2 is 2.11 bits per heavy atom. The predicted octanol–water partition coefficient (Wildman–Crippen LogP) is 2.95. The lowest BCUT2D eigenvalue weighted by molar-refractivity contribution is -0.112. The summed E-state index contributed by atoms with van der Waals surface area (Å²) in [4.78, 5) is 28.5. The number of carbonyl (C=O) groups excluding carboxylic acids is 2. The monoisotopic (exact) mass is 328 g/mol. The summed E-state index contributed by atoms with van der Waals surface area (Å²) in [5, 5.41) is 0. The van der Waals surface area contributed by atoms with Gasteiger partial charge in [-0.25, -0.2) is 4.79 Å². The van der Waals surface area contributed by atoms with E-state index in [0.717, 1.165) is 4.47 Å². The molecule has 0 N–H and O–H groups in total. The first-order valence-corrected chi connectivity index (χ1v) is 6.56. The summed E-state index contributed by atoms with van der Waals surface area (Å²) >= 11 is 3.27. The van der Waals surface area contributed by atoms with Gasteiger partial charge in [-0.05, 0) is 48.8 Å². The van der Waals surface area contributed by atoms with Gasteiger partial charge in [-0.3, -0.25) is 9.88 Å². The number of pyridine rings is 1. The lowest BCUT2D eigenvalue weighted by Crippen LogP contribution is -2.37. The molecule has 6 heteroatoms. The van der Waals surface area contributed by atoms with E-state index in [0.29, 0.717) is 12.0 Å². The number of aldehydes is 1. The zero-order valence-corrected chi connectivity index (χ0v) is 13.0. The van der Waals surface area contributed by atoms with E-state index < -0.39 is 17.7 Å². The van der Waals surface area contributed by atoms with Gasteiger partial charge in [0.2, 0.25) is 0 Å². The van der Waals surface area contributed by atoms with Crippen molar-refractivity contribution in [1.82, 2.24) is 9.88 Å². The van der Waals surface area contributed by atoms with Crippen molar-refractivity contribution in [2.24, 2.45) is 0 Å². The molecule has 5 nitrogen and oxygen atoms in total. The SMILES string of the molecule is CN(C(=O)OC(C)(C)C)C(C=O)c1ccc(Br)cn1. The zero-order valence-electron chi connectivity index (χ0n) is 11.4. The molecule has 0 aromatic carbocycles. The zero-order chi connectivity index (χ0) is 14.6. The van der Waals surface area contributed by atoms with Crippen LogP contribution < -0.4 is 0 Å². The smallest absolute Gasteiger partial charge is 0.410 e. The molecule has 0 radical (unpaired) electrons. The molecule has 19 heavy (non-hydrogen) atoms. The highest BCUT2D eigenvalue weighted by Gasteiger charge is 2.26. The van der Waals surface area contributed by atoms with E-state index >= 15 is 0 Å². The van der Waals surface area contributed by atoms with Crippen LogP contribution in [-0.2, 0) is 9.53 Å². The van der Waals surface area contributed by atoms with Gasteiger partial charge in [0, 0.05) is 17.7 Å². The van der Waals surface area contributed by atoms with Crippen LogP contribution in [0.5, 0.6) is 0 Å². The van der Waals surface area contributed by atoms with Gasteiger partial charge < -0.3 is 9.53 Å². The molecule has 0 spiro atoms. The maximum absolute atomic E-state index is 11.9. The number of carbonyl (C=O) groups is 2. The molecule has 1 aromatic rings. The minimum atomic E-state index is -0.761. The van der Waals surface area contributed by atoms with Crippen molar-refractivity contribution >= 4 is 28.3 Å². The van der Waals surface area contributed by atoms with Gasteiger partial charge in [0.05, 0.1) is 5.69 Å². The maximum Gasteiger partial charge on any atom is 0.410 e. The second kappa shape index (κ2) is 6.14. The molecule has 104 valence electrons. The van der Waals surface area contributed by atoms with Crippen LogP contribution in [0.15, 0.2) is 22.8 Å². The molecule has 1 rings (SSSR count). The van der Waals surface area contributed by atoms with E-state index in [-0.39, 0.29) is 0 Å². The largest absolute Gasteiger partial charge is 0.444 e. The van der Waals surface area contributed by atoms with Crippen LogP contribution in [0.2, 0.25) is 0 Å². The number of amides is 1. The highest BCUT2D eigenvalue weighted by molar-refractivity contribution is 9.10. The van der Waals surface area contributed by atoms with Crippen molar-refractivity contribution in [3.63, 3.8) is 0 Å². The van der Waals surface area contributed by atoms with E-state index in [1.807, 2.05) is 0 Å². The Morgan fingerprint density at radius 1 is 1.47 bits per heavy atom. The third-order valence-electron chi connectivity index (χ3n) is 2.28.